The highest BCUT2D eigenvalue weighted by Gasteiger charge is 2.35. The number of carbonyl (C=O) groups is 3. The van der Waals surface area contributed by atoms with Gasteiger partial charge in [0.1, 0.15) is 5.82 Å². The lowest BCUT2D eigenvalue weighted by Gasteiger charge is -2.24. The Kier molecular flexibility index (Phi) is 6.38. The molecular formula is C21H25N5O5. The first kappa shape index (κ1) is 22.0. The van der Waals surface area contributed by atoms with E-state index in [2.05, 4.69) is 4.98 Å². The Labute approximate surface area is 178 Å². The van der Waals surface area contributed by atoms with Crippen LogP contribution in [0.5, 0.6) is 0 Å². The summed E-state index contributed by atoms with van der Waals surface area (Å²) in [6.45, 7) is 3.93. The van der Waals surface area contributed by atoms with E-state index >= 15 is 0 Å². The summed E-state index contributed by atoms with van der Waals surface area (Å²) in [5, 5.41) is 0. The van der Waals surface area contributed by atoms with Crippen molar-refractivity contribution in [3.8, 4) is 0 Å². The maximum atomic E-state index is 12.9. The summed E-state index contributed by atoms with van der Waals surface area (Å²) in [4.78, 5) is 66.9. The standard InChI is InChI=1S/C21H25N5O5/c1-3-5-11-25-17(22)16(18(28)23-21(25)31)24(4-2)15(27)10-12-26-19(29)13-8-6-7-9-14(13)20(26)30/h6-9H,3-5,10-12,22H2,1-2H3,(H,23,28,31). The van der Waals surface area contributed by atoms with Gasteiger partial charge in [-0.05, 0) is 25.5 Å². The summed E-state index contributed by atoms with van der Waals surface area (Å²) >= 11 is 0. The summed E-state index contributed by atoms with van der Waals surface area (Å²) < 4.78 is 1.24. The number of fused-ring (bicyclic) bond motifs is 1. The number of nitrogen functional groups attached to an aromatic ring is 1. The largest absolute Gasteiger partial charge is 0.383 e. The van der Waals surface area contributed by atoms with Gasteiger partial charge in [0.25, 0.3) is 17.4 Å². The fourth-order valence-corrected chi connectivity index (χ4v) is 3.62. The molecule has 1 aromatic carbocycles. The van der Waals surface area contributed by atoms with Crippen molar-refractivity contribution in [2.24, 2.45) is 0 Å². The van der Waals surface area contributed by atoms with Crippen molar-refractivity contribution in [2.75, 3.05) is 23.7 Å². The van der Waals surface area contributed by atoms with E-state index in [1.54, 1.807) is 31.2 Å². The fraction of sp³-hybridized carbons (Fsp3) is 0.381. The summed E-state index contributed by atoms with van der Waals surface area (Å²) in [6.07, 6.45) is 1.30. The third kappa shape index (κ3) is 4.00. The molecule has 3 rings (SSSR count). The van der Waals surface area contributed by atoms with Crippen LogP contribution in [0, 0.1) is 0 Å². The van der Waals surface area contributed by atoms with Gasteiger partial charge in [-0.25, -0.2) is 4.79 Å². The van der Waals surface area contributed by atoms with Crippen LogP contribution in [0.1, 0.15) is 53.8 Å². The number of hydrogen-bond acceptors (Lipinski definition) is 6. The van der Waals surface area contributed by atoms with Crippen LogP contribution in [0.3, 0.4) is 0 Å². The van der Waals surface area contributed by atoms with E-state index in [-0.39, 0.29) is 31.0 Å². The number of aromatic nitrogens is 2. The highest BCUT2D eigenvalue weighted by atomic mass is 16.2. The molecule has 3 N–H and O–H groups in total. The van der Waals surface area contributed by atoms with Gasteiger partial charge >= 0.3 is 5.69 Å². The second-order valence-electron chi connectivity index (χ2n) is 7.19. The highest BCUT2D eigenvalue weighted by molar-refractivity contribution is 6.21. The second kappa shape index (κ2) is 8.99. The van der Waals surface area contributed by atoms with Crippen molar-refractivity contribution in [1.29, 1.82) is 0 Å². The zero-order chi connectivity index (χ0) is 22.7. The number of benzene rings is 1. The average Bonchev–Trinajstić information content (AvgIpc) is 2.99. The normalized spacial score (nSPS) is 12.9. The van der Waals surface area contributed by atoms with Gasteiger partial charge in [0, 0.05) is 26.1 Å². The molecule has 3 amide bonds. The molecule has 0 atom stereocenters. The Bertz CT molecular complexity index is 1110. The number of nitrogens with two attached hydrogens (primary N) is 1. The molecule has 0 spiro atoms. The molecule has 0 saturated carbocycles. The lowest BCUT2D eigenvalue weighted by atomic mass is 10.1. The number of anilines is 2. The number of nitrogens with zero attached hydrogens (tertiary/aromatic N) is 3. The molecule has 164 valence electrons. The Hall–Kier alpha value is -3.69. The number of aromatic amines is 1. The number of H-pyrrole nitrogens is 1. The van der Waals surface area contributed by atoms with Crippen molar-refractivity contribution in [3.05, 3.63) is 56.2 Å². The van der Waals surface area contributed by atoms with E-state index in [1.807, 2.05) is 6.92 Å². The maximum Gasteiger partial charge on any atom is 0.330 e. The minimum absolute atomic E-state index is 0.0851. The molecule has 0 unspecified atom stereocenters. The highest BCUT2D eigenvalue weighted by Crippen LogP contribution is 2.23. The van der Waals surface area contributed by atoms with Crippen molar-refractivity contribution in [2.45, 2.75) is 39.7 Å². The van der Waals surface area contributed by atoms with E-state index in [4.69, 9.17) is 5.73 Å². The average molecular weight is 427 g/mol. The Morgan fingerprint density at radius 2 is 1.65 bits per heavy atom. The maximum absolute atomic E-state index is 12.9. The first-order chi connectivity index (χ1) is 14.8. The number of amides is 3. The van der Waals surface area contributed by atoms with Crippen molar-refractivity contribution >= 4 is 29.2 Å². The molecular weight excluding hydrogens is 402 g/mol. The molecule has 2 heterocycles. The van der Waals surface area contributed by atoms with Crippen LogP contribution in [0.2, 0.25) is 0 Å². The molecule has 10 heteroatoms. The van der Waals surface area contributed by atoms with Crippen LogP contribution in [-0.4, -0.2) is 45.3 Å². The monoisotopic (exact) mass is 427 g/mol. The van der Waals surface area contributed by atoms with Crippen LogP contribution in [0.4, 0.5) is 11.5 Å². The second-order valence-corrected chi connectivity index (χ2v) is 7.19. The summed E-state index contributed by atoms with van der Waals surface area (Å²) in [5.74, 6) is -1.49. The van der Waals surface area contributed by atoms with Gasteiger partial charge in [0.15, 0.2) is 5.69 Å². The first-order valence-corrected chi connectivity index (χ1v) is 10.2. The van der Waals surface area contributed by atoms with E-state index in [1.165, 1.54) is 9.47 Å². The smallest absolute Gasteiger partial charge is 0.330 e. The Morgan fingerprint density at radius 3 is 2.19 bits per heavy atom. The van der Waals surface area contributed by atoms with E-state index in [0.717, 1.165) is 11.3 Å². The van der Waals surface area contributed by atoms with Gasteiger partial charge in [-0.2, -0.15) is 0 Å². The lowest BCUT2D eigenvalue weighted by molar-refractivity contribution is -0.118. The Morgan fingerprint density at radius 1 is 1.03 bits per heavy atom. The third-order valence-electron chi connectivity index (χ3n) is 5.26. The van der Waals surface area contributed by atoms with E-state index < -0.39 is 29.0 Å². The first-order valence-electron chi connectivity index (χ1n) is 10.2. The number of unbranched alkanes of at least 4 members (excludes halogenated alkanes) is 1. The SMILES string of the molecule is CCCCn1c(N)c(N(CC)C(=O)CCN2C(=O)c3ccccc3C2=O)c(=O)[nH]c1=O. The van der Waals surface area contributed by atoms with Crippen LogP contribution in [0.25, 0.3) is 0 Å². The van der Waals surface area contributed by atoms with Gasteiger partial charge in [0.05, 0.1) is 11.1 Å². The van der Waals surface area contributed by atoms with Crippen LogP contribution < -0.4 is 21.9 Å². The zero-order valence-electron chi connectivity index (χ0n) is 17.5. The van der Waals surface area contributed by atoms with Crippen LogP contribution >= 0.6 is 0 Å². The zero-order valence-corrected chi connectivity index (χ0v) is 17.5. The molecule has 0 aliphatic carbocycles. The molecule has 31 heavy (non-hydrogen) atoms. The third-order valence-corrected chi connectivity index (χ3v) is 5.26. The summed E-state index contributed by atoms with van der Waals surface area (Å²) in [6, 6.07) is 6.46. The van der Waals surface area contributed by atoms with E-state index in [9.17, 15) is 24.0 Å². The molecule has 0 radical (unpaired) electrons. The summed E-state index contributed by atoms with van der Waals surface area (Å²) in [7, 11) is 0. The molecule has 10 nitrogen and oxygen atoms in total. The minimum atomic E-state index is -0.758. The van der Waals surface area contributed by atoms with Crippen molar-refractivity contribution in [3.63, 3.8) is 0 Å². The number of hydrogen-bond donors (Lipinski definition) is 2. The molecule has 1 aliphatic rings. The molecule has 1 aromatic heterocycles. The lowest BCUT2D eigenvalue weighted by Crippen LogP contribution is -2.42. The summed E-state index contributed by atoms with van der Waals surface area (Å²) in [5.41, 5.74) is 5.20. The van der Waals surface area contributed by atoms with Gasteiger partial charge in [0.2, 0.25) is 5.91 Å². The molecule has 2 aromatic rings. The molecule has 1 aliphatic heterocycles. The van der Waals surface area contributed by atoms with Crippen molar-refractivity contribution < 1.29 is 14.4 Å². The molecule has 0 saturated heterocycles. The van der Waals surface area contributed by atoms with Gasteiger partial charge in [-0.15, -0.1) is 0 Å². The number of imide groups is 1. The predicted molar refractivity (Wildman–Crippen MR) is 115 cm³/mol. The fourth-order valence-electron chi connectivity index (χ4n) is 3.62. The number of rotatable bonds is 8. The topological polar surface area (TPSA) is 139 Å². The van der Waals surface area contributed by atoms with Crippen molar-refractivity contribution in [1.82, 2.24) is 14.5 Å². The van der Waals surface area contributed by atoms with Gasteiger partial charge in [-0.1, -0.05) is 25.5 Å². The van der Waals surface area contributed by atoms with Crippen LogP contribution in [-0.2, 0) is 11.3 Å². The molecule has 0 fully saturated rings. The van der Waals surface area contributed by atoms with Gasteiger partial charge in [-0.3, -0.25) is 33.6 Å². The number of nitrogens with one attached hydrogen (secondary N) is 1. The number of carbonyl (C=O) groups excluding carboxylic acids is 3. The van der Waals surface area contributed by atoms with Gasteiger partial charge < -0.3 is 10.6 Å². The molecule has 0 bridgehead atoms. The van der Waals surface area contributed by atoms with E-state index in [0.29, 0.717) is 24.1 Å². The minimum Gasteiger partial charge on any atom is -0.383 e. The Balaban J connectivity index is 1.82. The predicted octanol–water partition coefficient (Wildman–Crippen LogP) is 0.958. The quantitative estimate of drug-likeness (QED) is 0.602. The van der Waals surface area contributed by atoms with Crippen LogP contribution in [0.15, 0.2) is 33.9 Å².